The van der Waals surface area contributed by atoms with E-state index in [0.717, 1.165) is 4.57 Å². The minimum absolute atomic E-state index is 0.0117. The van der Waals surface area contributed by atoms with Crippen molar-refractivity contribution in [1.29, 1.82) is 0 Å². The van der Waals surface area contributed by atoms with Crippen molar-refractivity contribution in [3.8, 4) is 5.75 Å². The maximum atomic E-state index is 13.3. The molecule has 168 valence electrons. The first-order valence-corrected chi connectivity index (χ1v) is 11.0. The van der Waals surface area contributed by atoms with Gasteiger partial charge in [0.1, 0.15) is 17.0 Å². The highest BCUT2D eigenvalue weighted by Crippen LogP contribution is 2.19. The average Bonchev–Trinajstić information content (AvgIpc) is 3.30. The van der Waals surface area contributed by atoms with Crippen molar-refractivity contribution in [3.63, 3.8) is 0 Å². The zero-order chi connectivity index (χ0) is 23.5. The molecule has 2 aromatic carbocycles. The highest BCUT2D eigenvalue weighted by molar-refractivity contribution is 7.17. The first-order valence-electron chi connectivity index (χ1n) is 10.1. The van der Waals surface area contributed by atoms with Crippen molar-refractivity contribution in [2.75, 3.05) is 12.4 Å². The van der Waals surface area contributed by atoms with E-state index in [2.05, 4.69) is 5.32 Å². The smallest absolute Gasteiger partial charge is 0.332 e. The number of anilines is 1. The van der Waals surface area contributed by atoms with Crippen LogP contribution in [0.5, 0.6) is 5.75 Å². The number of nitrogens with one attached hydrogen (secondary N) is 1. The quantitative estimate of drug-likeness (QED) is 0.425. The topological polar surface area (TPSA) is 99.4 Å². The standard InChI is InChI=1S/C24H21N3O5S/c1-15(28)16-7-5-8-18(12-16)25-21(29)14-26-19-10-11-33-22(19)23(30)27(24(26)31)13-17-6-3-4-9-20(17)32-2/h3-12H,13-14H2,1-2H3,(H,25,29). The summed E-state index contributed by atoms with van der Waals surface area (Å²) < 4.78 is 8.13. The Balaban J connectivity index is 1.71. The number of fused-ring (bicyclic) bond motifs is 1. The summed E-state index contributed by atoms with van der Waals surface area (Å²) in [5, 5.41) is 4.43. The molecule has 8 nitrogen and oxygen atoms in total. The van der Waals surface area contributed by atoms with Gasteiger partial charge in [-0.15, -0.1) is 11.3 Å². The SMILES string of the molecule is COc1ccccc1Cn1c(=O)c2sccc2n(CC(=O)Nc2cccc(C(C)=O)c2)c1=O. The van der Waals surface area contributed by atoms with Crippen molar-refractivity contribution >= 4 is 38.9 Å². The Morgan fingerprint density at radius 3 is 2.58 bits per heavy atom. The molecule has 0 saturated carbocycles. The summed E-state index contributed by atoms with van der Waals surface area (Å²) in [6, 6.07) is 15.4. The zero-order valence-electron chi connectivity index (χ0n) is 18.0. The average molecular weight is 464 g/mol. The Hall–Kier alpha value is -3.98. The number of hydrogen-bond acceptors (Lipinski definition) is 6. The van der Waals surface area contributed by atoms with Crippen LogP contribution in [-0.4, -0.2) is 27.9 Å². The van der Waals surface area contributed by atoms with E-state index < -0.39 is 17.2 Å². The van der Waals surface area contributed by atoms with Gasteiger partial charge in [0.2, 0.25) is 5.91 Å². The summed E-state index contributed by atoms with van der Waals surface area (Å²) in [4.78, 5) is 50.7. The fourth-order valence-corrected chi connectivity index (χ4v) is 4.43. The molecule has 4 rings (SSSR count). The van der Waals surface area contributed by atoms with Gasteiger partial charge < -0.3 is 10.1 Å². The first kappa shape index (κ1) is 22.2. The van der Waals surface area contributed by atoms with Crippen LogP contribution in [0.3, 0.4) is 0 Å². The molecule has 1 amide bonds. The number of hydrogen-bond donors (Lipinski definition) is 1. The van der Waals surface area contributed by atoms with Crippen molar-refractivity contribution < 1.29 is 14.3 Å². The lowest BCUT2D eigenvalue weighted by molar-refractivity contribution is -0.116. The number of methoxy groups -OCH3 is 1. The molecule has 4 aromatic rings. The Labute approximate surface area is 192 Å². The summed E-state index contributed by atoms with van der Waals surface area (Å²) >= 11 is 1.21. The van der Waals surface area contributed by atoms with Crippen LogP contribution in [0.4, 0.5) is 5.69 Å². The number of rotatable bonds is 7. The van der Waals surface area contributed by atoms with E-state index >= 15 is 0 Å². The predicted molar refractivity (Wildman–Crippen MR) is 128 cm³/mol. The Bertz CT molecular complexity index is 1480. The zero-order valence-corrected chi connectivity index (χ0v) is 18.8. The molecule has 0 aliphatic carbocycles. The number of benzene rings is 2. The lowest BCUT2D eigenvalue weighted by Crippen LogP contribution is -2.41. The van der Waals surface area contributed by atoms with Crippen LogP contribution < -0.4 is 21.3 Å². The normalized spacial score (nSPS) is 10.8. The molecular weight excluding hydrogens is 442 g/mol. The van der Waals surface area contributed by atoms with Gasteiger partial charge in [-0.3, -0.25) is 23.5 Å². The molecule has 2 heterocycles. The van der Waals surface area contributed by atoms with E-state index in [9.17, 15) is 19.2 Å². The predicted octanol–water partition coefficient (Wildman–Crippen LogP) is 3.12. The highest BCUT2D eigenvalue weighted by Gasteiger charge is 2.18. The Kier molecular flexibility index (Phi) is 6.23. The largest absolute Gasteiger partial charge is 0.496 e. The van der Waals surface area contributed by atoms with Crippen LogP contribution in [0.15, 0.2) is 69.6 Å². The molecule has 0 aliphatic rings. The van der Waals surface area contributed by atoms with Crippen LogP contribution in [-0.2, 0) is 17.9 Å². The summed E-state index contributed by atoms with van der Waals surface area (Å²) in [5.41, 5.74) is 0.984. The van der Waals surface area contributed by atoms with Gasteiger partial charge in [-0.2, -0.15) is 0 Å². The minimum Gasteiger partial charge on any atom is -0.496 e. The third-order valence-electron chi connectivity index (χ3n) is 5.21. The molecule has 0 unspecified atom stereocenters. The van der Waals surface area contributed by atoms with Crippen molar-refractivity contribution in [2.45, 2.75) is 20.0 Å². The summed E-state index contributed by atoms with van der Waals surface area (Å²) in [7, 11) is 1.52. The Morgan fingerprint density at radius 2 is 1.82 bits per heavy atom. The number of thiophene rings is 1. The number of para-hydroxylation sites is 1. The molecule has 33 heavy (non-hydrogen) atoms. The third kappa shape index (κ3) is 4.49. The molecule has 2 aromatic heterocycles. The third-order valence-corrected chi connectivity index (χ3v) is 6.10. The van der Waals surface area contributed by atoms with Gasteiger partial charge in [0.25, 0.3) is 5.56 Å². The molecule has 0 radical (unpaired) electrons. The number of aromatic nitrogens is 2. The monoisotopic (exact) mass is 463 g/mol. The lowest BCUT2D eigenvalue weighted by atomic mass is 10.1. The van der Waals surface area contributed by atoms with E-state index in [1.54, 1.807) is 60.0 Å². The minimum atomic E-state index is -0.593. The summed E-state index contributed by atoms with van der Waals surface area (Å²) in [6.07, 6.45) is 0. The van der Waals surface area contributed by atoms with E-state index in [-0.39, 0.29) is 18.9 Å². The van der Waals surface area contributed by atoms with Crippen molar-refractivity contribution in [3.05, 3.63) is 91.9 Å². The second kappa shape index (κ2) is 9.25. The molecule has 0 saturated heterocycles. The number of carbonyl (C=O) groups excluding carboxylic acids is 2. The van der Waals surface area contributed by atoms with E-state index in [0.29, 0.717) is 32.8 Å². The van der Waals surface area contributed by atoms with E-state index in [1.807, 2.05) is 0 Å². The number of ketones is 1. The maximum Gasteiger partial charge on any atom is 0.332 e. The van der Waals surface area contributed by atoms with Crippen molar-refractivity contribution in [2.24, 2.45) is 0 Å². The van der Waals surface area contributed by atoms with Gasteiger partial charge >= 0.3 is 5.69 Å². The number of Topliss-reactive ketones (excluding diaryl/α,β-unsaturated/α-hetero) is 1. The van der Waals surface area contributed by atoms with E-state index in [4.69, 9.17) is 4.74 Å². The van der Waals surface area contributed by atoms with Crippen LogP contribution in [0.1, 0.15) is 22.8 Å². The van der Waals surface area contributed by atoms with Gasteiger partial charge in [-0.05, 0) is 36.6 Å². The molecular formula is C24H21N3O5S. The summed E-state index contributed by atoms with van der Waals surface area (Å²) in [6.45, 7) is 1.17. The second-order valence-electron chi connectivity index (χ2n) is 7.39. The van der Waals surface area contributed by atoms with Gasteiger partial charge in [0.15, 0.2) is 5.78 Å². The van der Waals surface area contributed by atoms with Crippen molar-refractivity contribution in [1.82, 2.24) is 9.13 Å². The second-order valence-corrected chi connectivity index (χ2v) is 8.31. The molecule has 0 atom stereocenters. The fourth-order valence-electron chi connectivity index (χ4n) is 3.59. The van der Waals surface area contributed by atoms with E-state index in [1.165, 1.54) is 29.9 Å². The van der Waals surface area contributed by atoms with Crippen LogP contribution in [0.25, 0.3) is 10.2 Å². The molecule has 0 fully saturated rings. The van der Waals surface area contributed by atoms with Crippen LogP contribution in [0.2, 0.25) is 0 Å². The molecule has 0 bridgehead atoms. The fraction of sp³-hybridized carbons (Fsp3) is 0.167. The number of nitrogens with zero attached hydrogens (tertiary/aromatic N) is 2. The molecule has 9 heteroatoms. The number of ether oxygens (including phenoxy) is 1. The lowest BCUT2D eigenvalue weighted by Gasteiger charge is -2.14. The van der Waals surface area contributed by atoms with Gasteiger partial charge in [-0.1, -0.05) is 30.3 Å². The number of carbonyl (C=O) groups is 2. The van der Waals surface area contributed by atoms with Gasteiger partial charge in [0.05, 0.1) is 19.2 Å². The Morgan fingerprint density at radius 1 is 1.03 bits per heavy atom. The summed E-state index contributed by atoms with van der Waals surface area (Å²) in [5.74, 6) is -0.0109. The molecule has 0 aliphatic heterocycles. The molecule has 0 spiro atoms. The van der Waals surface area contributed by atoms with Gasteiger partial charge in [0, 0.05) is 16.8 Å². The maximum absolute atomic E-state index is 13.3. The van der Waals surface area contributed by atoms with Gasteiger partial charge in [-0.25, -0.2) is 4.79 Å². The van der Waals surface area contributed by atoms with Crippen LogP contribution >= 0.6 is 11.3 Å². The first-order chi connectivity index (χ1) is 15.9. The number of amides is 1. The van der Waals surface area contributed by atoms with Crippen LogP contribution in [0, 0.1) is 0 Å². The molecule has 1 N–H and O–H groups in total. The highest BCUT2D eigenvalue weighted by atomic mass is 32.1.